The topological polar surface area (TPSA) is 82.1 Å². The van der Waals surface area contributed by atoms with Gasteiger partial charge in [0.2, 0.25) is 0 Å². The number of rotatable bonds is 37. The first-order valence-electron chi connectivity index (χ1n) is 23.8. The molecular formula is C48H91NO6. The van der Waals surface area contributed by atoms with Gasteiger partial charge in [-0.3, -0.25) is 14.4 Å². The maximum atomic E-state index is 13.5. The number of carbonyl (C=O) groups excluding carboxylic acids is 3. The third-order valence-electron chi connectivity index (χ3n) is 12.1. The molecule has 324 valence electrons. The van der Waals surface area contributed by atoms with Crippen LogP contribution in [0.15, 0.2) is 0 Å². The number of nitrogens with zero attached hydrogens (tertiary/aromatic N) is 1. The Morgan fingerprint density at radius 3 is 1.27 bits per heavy atom. The Hall–Kier alpha value is -1.63. The average molecular weight is 778 g/mol. The summed E-state index contributed by atoms with van der Waals surface area (Å²) in [6.07, 6.45) is 34.1. The van der Waals surface area contributed by atoms with Gasteiger partial charge in [0.1, 0.15) is 19.3 Å². The molecule has 7 heteroatoms. The molecule has 1 aliphatic carbocycles. The molecule has 0 N–H and O–H groups in total. The summed E-state index contributed by atoms with van der Waals surface area (Å²) in [4.78, 5) is 41.6. The third-order valence-corrected chi connectivity index (χ3v) is 12.1. The molecule has 1 fully saturated rings. The molecule has 1 aliphatic rings. The van der Waals surface area contributed by atoms with E-state index >= 15 is 0 Å². The molecule has 0 saturated heterocycles. The zero-order valence-electron chi connectivity index (χ0n) is 37.4. The Kier molecular flexibility index (Phi) is 32.2. The van der Waals surface area contributed by atoms with Crippen LogP contribution in [0, 0.1) is 17.3 Å². The zero-order chi connectivity index (χ0) is 40.4. The molecule has 0 amide bonds. The van der Waals surface area contributed by atoms with Crippen LogP contribution in [0.3, 0.4) is 0 Å². The van der Waals surface area contributed by atoms with Crippen LogP contribution in [0.5, 0.6) is 0 Å². The van der Waals surface area contributed by atoms with Gasteiger partial charge in [-0.1, -0.05) is 156 Å². The van der Waals surface area contributed by atoms with E-state index in [1.807, 2.05) is 14.1 Å². The molecule has 0 bridgehead atoms. The molecule has 0 aromatic heterocycles. The van der Waals surface area contributed by atoms with Gasteiger partial charge < -0.3 is 19.1 Å². The molecule has 0 spiro atoms. The van der Waals surface area contributed by atoms with Crippen molar-refractivity contribution in [1.82, 2.24) is 4.90 Å². The summed E-state index contributed by atoms with van der Waals surface area (Å²) in [6.45, 7) is 10.4. The Morgan fingerprint density at radius 1 is 0.527 bits per heavy atom. The van der Waals surface area contributed by atoms with Gasteiger partial charge >= 0.3 is 17.9 Å². The Morgan fingerprint density at radius 2 is 0.891 bits per heavy atom. The minimum atomic E-state index is -0.440. The van der Waals surface area contributed by atoms with Crippen LogP contribution in [0.25, 0.3) is 0 Å². The van der Waals surface area contributed by atoms with Gasteiger partial charge in [0, 0.05) is 24.7 Å². The van der Waals surface area contributed by atoms with Crippen molar-refractivity contribution in [2.24, 2.45) is 17.3 Å². The lowest BCUT2D eigenvalue weighted by molar-refractivity contribution is -0.161. The molecular weight excluding hydrogens is 687 g/mol. The molecule has 7 nitrogen and oxygen atoms in total. The van der Waals surface area contributed by atoms with Crippen molar-refractivity contribution in [2.45, 2.75) is 239 Å². The second-order valence-electron chi connectivity index (χ2n) is 17.9. The molecule has 0 aromatic carbocycles. The third kappa shape index (κ3) is 28.4. The first-order chi connectivity index (χ1) is 26.7. The van der Waals surface area contributed by atoms with Crippen molar-refractivity contribution in [3.8, 4) is 0 Å². The summed E-state index contributed by atoms with van der Waals surface area (Å²) in [5.41, 5.74) is -0.440. The zero-order valence-corrected chi connectivity index (χ0v) is 37.4. The van der Waals surface area contributed by atoms with E-state index in [1.54, 1.807) is 0 Å². The highest BCUT2D eigenvalue weighted by Gasteiger charge is 2.39. The summed E-state index contributed by atoms with van der Waals surface area (Å²) in [5.74, 6) is 0.374. The molecule has 1 saturated carbocycles. The summed E-state index contributed by atoms with van der Waals surface area (Å²) in [7, 11) is 4.02. The molecule has 0 aliphatic heterocycles. The smallest absolute Gasteiger partial charge is 0.306 e. The van der Waals surface area contributed by atoms with Crippen molar-refractivity contribution in [2.75, 3.05) is 33.9 Å². The molecule has 2 unspecified atom stereocenters. The van der Waals surface area contributed by atoms with Crippen LogP contribution < -0.4 is 0 Å². The average Bonchev–Trinajstić information content (AvgIpc) is 3.16. The molecule has 0 radical (unpaired) electrons. The highest BCUT2D eigenvalue weighted by Crippen LogP contribution is 2.39. The number of hydrogen-bond acceptors (Lipinski definition) is 7. The maximum Gasteiger partial charge on any atom is 0.306 e. The summed E-state index contributed by atoms with van der Waals surface area (Å²) < 4.78 is 18.2. The second kappa shape index (κ2) is 34.4. The van der Waals surface area contributed by atoms with E-state index in [9.17, 15) is 14.4 Å². The summed E-state index contributed by atoms with van der Waals surface area (Å²) >= 11 is 0. The summed E-state index contributed by atoms with van der Waals surface area (Å²) in [6, 6.07) is 0. The predicted molar refractivity (Wildman–Crippen MR) is 230 cm³/mol. The van der Waals surface area contributed by atoms with Crippen LogP contribution in [0.4, 0.5) is 0 Å². The standard InChI is InChI=1S/C48H91NO6/c1-7-11-15-19-21-25-30-42(28-23-17-13-9-3)38-46(51)53-40-48(35-33-44(34-36-48)55-45(50)32-27-37-49(5)6)41-54-47(52)39-43(29-24-18-14-10-4)31-26-22-20-16-12-8-2/h42-44H,7-41H2,1-6H3. The van der Waals surface area contributed by atoms with Gasteiger partial charge in [-0.15, -0.1) is 0 Å². The lowest BCUT2D eigenvalue weighted by Gasteiger charge is -2.39. The number of ether oxygens (including phenoxy) is 3. The number of unbranched alkanes of at least 4 members (excludes halogenated alkanes) is 16. The van der Waals surface area contributed by atoms with Gasteiger partial charge in [0.25, 0.3) is 0 Å². The van der Waals surface area contributed by atoms with E-state index in [1.165, 1.54) is 128 Å². The number of hydrogen-bond donors (Lipinski definition) is 0. The number of carbonyl (C=O) groups is 3. The first-order valence-corrected chi connectivity index (χ1v) is 23.8. The van der Waals surface area contributed by atoms with Crippen molar-refractivity contribution >= 4 is 17.9 Å². The molecule has 0 aromatic rings. The van der Waals surface area contributed by atoms with E-state index in [4.69, 9.17) is 14.2 Å². The Labute approximate surface area is 340 Å². The van der Waals surface area contributed by atoms with Crippen LogP contribution in [-0.4, -0.2) is 62.8 Å². The second-order valence-corrected chi connectivity index (χ2v) is 17.9. The normalized spacial score (nSPS) is 18.3. The highest BCUT2D eigenvalue weighted by molar-refractivity contribution is 5.70. The lowest BCUT2D eigenvalue weighted by atomic mass is 9.74. The first kappa shape index (κ1) is 51.4. The van der Waals surface area contributed by atoms with E-state index in [0.29, 0.717) is 56.8 Å². The van der Waals surface area contributed by atoms with E-state index in [0.717, 1.165) is 38.6 Å². The molecule has 2 atom stereocenters. The fourth-order valence-electron chi connectivity index (χ4n) is 8.34. The van der Waals surface area contributed by atoms with Gasteiger partial charge in [0.15, 0.2) is 0 Å². The van der Waals surface area contributed by atoms with E-state index < -0.39 is 5.41 Å². The SMILES string of the molecule is CCCCCCCCC(CCCCCC)CC(=O)OCC1(COC(=O)CC(CCCCCC)CCCCCCCC)CCC(OC(=O)CCCN(C)C)CC1. The largest absolute Gasteiger partial charge is 0.465 e. The predicted octanol–water partition coefficient (Wildman–Crippen LogP) is 13.3. The highest BCUT2D eigenvalue weighted by atomic mass is 16.6. The minimum absolute atomic E-state index is 0.113. The molecule has 1 rings (SSSR count). The fraction of sp³-hybridized carbons (Fsp3) is 0.938. The van der Waals surface area contributed by atoms with Gasteiger partial charge in [0.05, 0.1) is 0 Å². The lowest BCUT2D eigenvalue weighted by Crippen LogP contribution is -2.40. The van der Waals surface area contributed by atoms with E-state index in [2.05, 4.69) is 32.6 Å². The summed E-state index contributed by atoms with van der Waals surface area (Å²) in [5, 5.41) is 0. The van der Waals surface area contributed by atoms with Crippen molar-refractivity contribution < 1.29 is 28.6 Å². The monoisotopic (exact) mass is 778 g/mol. The van der Waals surface area contributed by atoms with Crippen molar-refractivity contribution in [3.05, 3.63) is 0 Å². The quantitative estimate of drug-likeness (QED) is 0.0353. The van der Waals surface area contributed by atoms with Crippen LogP contribution in [0.2, 0.25) is 0 Å². The Bertz CT molecular complexity index is 877. The van der Waals surface area contributed by atoms with Crippen LogP contribution >= 0.6 is 0 Å². The molecule has 0 heterocycles. The van der Waals surface area contributed by atoms with Gasteiger partial charge in [-0.2, -0.15) is 0 Å². The van der Waals surface area contributed by atoms with Crippen LogP contribution in [0.1, 0.15) is 233 Å². The Balaban J connectivity index is 2.89. The van der Waals surface area contributed by atoms with Gasteiger partial charge in [-0.25, -0.2) is 0 Å². The maximum absolute atomic E-state index is 13.5. The van der Waals surface area contributed by atoms with Crippen LogP contribution in [-0.2, 0) is 28.6 Å². The minimum Gasteiger partial charge on any atom is -0.465 e. The van der Waals surface area contributed by atoms with Gasteiger partial charge in [-0.05, 0) is 90.3 Å². The van der Waals surface area contributed by atoms with Crippen molar-refractivity contribution in [3.63, 3.8) is 0 Å². The van der Waals surface area contributed by atoms with Crippen molar-refractivity contribution in [1.29, 1.82) is 0 Å². The van der Waals surface area contributed by atoms with E-state index in [-0.39, 0.29) is 37.2 Å². The molecule has 55 heavy (non-hydrogen) atoms. The fourth-order valence-corrected chi connectivity index (χ4v) is 8.34. The number of esters is 3.